The molecule has 0 fully saturated rings. The molecule has 0 saturated heterocycles. The van der Waals surface area contributed by atoms with E-state index in [1.807, 2.05) is 31.2 Å². The van der Waals surface area contributed by atoms with Crippen LogP contribution in [0, 0.1) is 0 Å². The van der Waals surface area contributed by atoms with Crippen molar-refractivity contribution in [2.75, 3.05) is 5.32 Å². The van der Waals surface area contributed by atoms with E-state index in [0.29, 0.717) is 10.6 Å². The second kappa shape index (κ2) is 7.14. The number of nitrogens with one attached hydrogen (secondary N) is 1. The van der Waals surface area contributed by atoms with Gasteiger partial charge in [0.25, 0.3) is 5.91 Å². The molecule has 1 amide bonds. The first kappa shape index (κ1) is 15.4. The van der Waals surface area contributed by atoms with Gasteiger partial charge in [-0.05, 0) is 61.9 Å². The van der Waals surface area contributed by atoms with Crippen LogP contribution in [0.1, 0.15) is 30.6 Å². The molecule has 1 N–H and O–H groups in total. The predicted octanol–water partition coefficient (Wildman–Crippen LogP) is 4.77. The van der Waals surface area contributed by atoms with Crippen molar-refractivity contribution in [3.05, 3.63) is 59.1 Å². The van der Waals surface area contributed by atoms with Gasteiger partial charge in [0.1, 0.15) is 5.75 Å². The van der Waals surface area contributed by atoms with Gasteiger partial charge in [0.15, 0.2) is 0 Å². The highest BCUT2D eigenvalue weighted by Crippen LogP contribution is 2.18. The summed E-state index contributed by atoms with van der Waals surface area (Å²) in [6.07, 6.45) is 1.13. The fraction of sp³-hybridized carbons (Fsp3) is 0.235. The smallest absolute Gasteiger partial charge is 0.255 e. The Hall–Kier alpha value is -2.00. The standard InChI is InChI=1S/C17H18ClNO2/c1-3-12(2)21-16-10-8-15(9-11-16)19-17(20)13-4-6-14(18)7-5-13/h4-12H,3H2,1-2H3,(H,19,20). The Labute approximate surface area is 129 Å². The van der Waals surface area contributed by atoms with Crippen LogP contribution in [-0.4, -0.2) is 12.0 Å². The second-order valence-electron chi connectivity index (χ2n) is 4.82. The van der Waals surface area contributed by atoms with E-state index in [1.165, 1.54) is 0 Å². The molecule has 0 heterocycles. The Morgan fingerprint density at radius 3 is 2.33 bits per heavy atom. The van der Waals surface area contributed by atoms with Crippen LogP contribution in [0.25, 0.3) is 0 Å². The summed E-state index contributed by atoms with van der Waals surface area (Å²) in [6, 6.07) is 14.1. The molecule has 1 unspecified atom stereocenters. The molecule has 3 nitrogen and oxygen atoms in total. The van der Waals surface area contributed by atoms with E-state index in [9.17, 15) is 4.79 Å². The summed E-state index contributed by atoms with van der Waals surface area (Å²) in [4.78, 5) is 12.0. The van der Waals surface area contributed by atoms with Crippen LogP contribution in [-0.2, 0) is 0 Å². The number of anilines is 1. The van der Waals surface area contributed by atoms with E-state index < -0.39 is 0 Å². The van der Waals surface area contributed by atoms with Gasteiger partial charge in [-0.3, -0.25) is 4.79 Å². The van der Waals surface area contributed by atoms with Crippen LogP contribution in [0.15, 0.2) is 48.5 Å². The summed E-state index contributed by atoms with van der Waals surface area (Å²) in [5, 5.41) is 3.44. The summed E-state index contributed by atoms with van der Waals surface area (Å²) < 4.78 is 5.69. The molecular formula is C17H18ClNO2. The number of ether oxygens (including phenoxy) is 1. The van der Waals surface area contributed by atoms with Crippen LogP contribution >= 0.6 is 11.6 Å². The molecule has 0 bridgehead atoms. The molecule has 4 heteroatoms. The monoisotopic (exact) mass is 303 g/mol. The van der Waals surface area contributed by atoms with Crippen molar-refractivity contribution >= 4 is 23.2 Å². The number of rotatable bonds is 5. The largest absolute Gasteiger partial charge is 0.491 e. The Morgan fingerprint density at radius 2 is 1.76 bits per heavy atom. The van der Waals surface area contributed by atoms with Gasteiger partial charge in [-0.25, -0.2) is 0 Å². The number of amides is 1. The van der Waals surface area contributed by atoms with Crippen molar-refractivity contribution in [2.45, 2.75) is 26.4 Å². The molecule has 0 radical (unpaired) electrons. The molecular weight excluding hydrogens is 286 g/mol. The Bertz CT molecular complexity index is 593. The van der Waals surface area contributed by atoms with Crippen LogP contribution in [0.3, 0.4) is 0 Å². The highest BCUT2D eigenvalue weighted by molar-refractivity contribution is 6.30. The van der Waals surface area contributed by atoms with Gasteiger partial charge in [-0.1, -0.05) is 18.5 Å². The lowest BCUT2D eigenvalue weighted by Crippen LogP contribution is -2.12. The average molecular weight is 304 g/mol. The molecule has 0 aromatic heterocycles. The van der Waals surface area contributed by atoms with Crippen molar-refractivity contribution < 1.29 is 9.53 Å². The van der Waals surface area contributed by atoms with Gasteiger partial charge in [0.2, 0.25) is 0 Å². The summed E-state index contributed by atoms with van der Waals surface area (Å²) in [5.74, 6) is 0.635. The third-order valence-corrected chi connectivity index (χ3v) is 3.38. The van der Waals surface area contributed by atoms with E-state index in [2.05, 4.69) is 12.2 Å². The number of hydrogen-bond acceptors (Lipinski definition) is 2. The number of benzene rings is 2. The first-order valence-corrected chi connectivity index (χ1v) is 7.30. The molecule has 1 atom stereocenters. The van der Waals surface area contributed by atoms with Crippen molar-refractivity contribution in [1.82, 2.24) is 0 Å². The van der Waals surface area contributed by atoms with Gasteiger partial charge in [0.05, 0.1) is 6.10 Å². The van der Waals surface area contributed by atoms with E-state index in [4.69, 9.17) is 16.3 Å². The van der Waals surface area contributed by atoms with Crippen molar-refractivity contribution in [1.29, 1.82) is 0 Å². The summed E-state index contributed by atoms with van der Waals surface area (Å²) in [7, 11) is 0. The van der Waals surface area contributed by atoms with Gasteiger partial charge < -0.3 is 10.1 Å². The van der Waals surface area contributed by atoms with Crippen molar-refractivity contribution in [3.8, 4) is 5.75 Å². The number of hydrogen-bond donors (Lipinski definition) is 1. The fourth-order valence-electron chi connectivity index (χ4n) is 1.74. The highest BCUT2D eigenvalue weighted by atomic mass is 35.5. The molecule has 110 valence electrons. The van der Waals surface area contributed by atoms with Crippen LogP contribution in [0.5, 0.6) is 5.75 Å². The Balaban J connectivity index is 1.99. The molecule has 2 aromatic rings. The van der Waals surface area contributed by atoms with Gasteiger partial charge >= 0.3 is 0 Å². The van der Waals surface area contributed by atoms with E-state index in [1.54, 1.807) is 24.3 Å². The minimum Gasteiger partial charge on any atom is -0.491 e. The molecule has 0 saturated carbocycles. The van der Waals surface area contributed by atoms with E-state index in [-0.39, 0.29) is 12.0 Å². The maximum Gasteiger partial charge on any atom is 0.255 e. The molecule has 2 aromatic carbocycles. The second-order valence-corrected chi connectivity index (χ2v) is 5.26. The lowest BCUT2D eigenvalue weighted by atomic mass is 10.2. The average Bonchev–Trinajstić information content (AvgIpc) is 2.49. The van der Waals surface area contributed by atoms with Crippen molar-refractivity contribution in [2.24, 2.45) is 0 Å². The van der Waals surface area contributed by atoms with Gasteiger partial charge in [-0.15, -0.1) is 0 Å². The predicted molar refractivity (Wildman–Crippen MR) is 86.2 cm³/mol. The van der Waals surface area contributed by atoms with Crippen LogP contribution in [0.4, 0.5) is 5.69 Å². The zero-order valence-electron chi connectivity index (χ0n) is 12.1. The molecule has 0 aliphatic carbocycles. The topological polar surface area (TPSA) is 38.3 Å². The maximum atomic E-state index is 12.0. The lowest BCUT2D eigenvalue weighted by molar-refractivity contribution is 0.102. The summed E-state index contributed by atoms with van der Waals surface area (Å²) in [6.45, 7) is 4.10. The Kier molecular flexibility index (Phi) is 5.23. The number of halogens is 1. The summed E-state index contributed by atoms with van der Waals surface area (Å²) >= 11 is 5.80. The molecule has 2 rings (SSSR count). The SMILES string of the molecule is CCC(C)Oc1ccc(NC(=O)c2ccc(Cl)cc2)cc1. The van der Waals surface area contributed by atoms with Gasteiger partial charge in [0, 0.05) is 16.3 Å². The lowest BCUT2D eigenvalue weighted by Gasteiger charge is -2.13. The summed E-state index contributed by atoms with van der Waals surface area (Å²) in [5.41, 5.74) is 1.30. The van der Waals surface area contributed by atoms with Crippen molar-refractivity contribution in [3.63, 3.8) is 0 Å². The zero-order chi connectivity index (χ0) is 15.2. The normalized spacial score (nSPS) is 11.8. The zero-order valence-corrected chi connectivity index (χ0v) is 12.9. The van der Waals surface area contributed by atoms with Crippen LogP contribution in [0.2, 0.25) is 5.02 Å². The van der Waals surface area contributed by atoms with E-state index >= 15 is 0 Å². The minimum atomic E-state index is -0.165. The number of carbonyl (C=O) groups excluding carboxylic acids is 1. The number of carbonyl (C=O) groups is 1. The maximum absolute atomic E-state index is 12.0. The third-order valence-electron chi connectivity index (χ3n) is 3.13. The third kappa shape index (κ3) is 4.50. The first-order chi connectivity index (χ1) is 10.1. The minimum absolute atomic E-state index is 0.165. The van der Waals surface area contributed by atoms with E-state index in [0.717, 1.165) is 17.9 Å². The quantitative estimate of drug-likeness (QED) is 0.864. The molecule has 21 heavy (non-hydrogen) atoms. The van der Waals surface area contributed by atoms with Crippen LogP contribution < -0.4 is 10.1 Å². The molecule has 0 spiro atoms. The molecule has 0 aliphatic heterocycles. The highest BCUT2D eigenvalue weighted by Gasteiger charge is 2.06. The van der Waals surface area contributed by atoms with Gasteiger partial charge in [-0.2, -0.15) is 0 Å². The fourth-order valence-corrected chi connectivity index (χ4v) is 1.86. The Morgan fingerprint density at radius 1 is 1.14 bits per heavy atom. The molecule has 0 aliphatic rings. The first-order valence-electron chi connectivity index (χ1n) is 6.92.